The van der Waals surface area contributed by atoms with Gasteiger partial charge < -0.3 is 12.9 Å². The van der Waals surface area contributed by atoms with Gasteiger partial charge in [-0.2, -0.15) is 5.26 Å². The van der Waals surface area contributed by atoms with E-state index in [0.29, 0.717) is 12.8 Å². The van der Waals surface area contributed by atoms with Gasteiger partial charge in [-0.3, -0.25) is 0 Å². The molecule has 0 radical (unpaired) electrons. The number of hydrogen-bond donors (Lipinski definition) is 0. The minimum absolute atomic E-state index is 0. The Morgan fingerprint density at radius 2 is 1.83 bits per heavy atom. The largest absolute Gasteiger partial charge is 1.00 e. The molecule has 62 valence electrons. The minimum Gasteiger partial charge on any atom is -0.449 e. The van der Waals surface area contributed by atoms with Crippen molar-refractivity contribution in [1.82, 2.24) is 0 Å². The summed E-state index contributed by atoms with van der Waals surface area (Å²) in [7, 11) is 0. The van der Waals surface area contributed by atoms with Crippen molar-refractivity contribution in [2.75, 3.05) is 0 Å². The molecular formula is C6H8BF3KN. The van der Waals surface area contributed by atoms with Crippen molar-refractivity contribution in [3.8, 4) is 6.07 Å². The van der Waals surface area contributed by atoms with Crippen LogP contribution in [0.1, 0.15) is 19.3 Å². The Morgan fingerprint density at radius 1 is 1.33 bits per heavy atom. The van der Waals surface area contributed by atoms with Gasteiger partial charge in [0.05, 0.1) is 6.07 Å². The molecule has 0 unspecified atom stereocenters. The zero-order chi connectivity index (χ0) is 8.54. The Morgan fingerprint density at radius 3 is 1.92 bits per heavy atom. The summed E-state index contributed by atoms with van der Waals surface area (Å²) in [5.41, 5.74) is -1.04. The van der Waals surface area contributed by atoms with Crippen LogP contribution in [0, 0.1) is 16.7 Å². The summed E-state index contributed by atoms with van der Waals surface area (Å²) in [5, 5.41) is 8.46. The van der Waals surface area contributed by atoms with Gasteiger partial charge in [0.1, 0.15) is 0 Å². The molecule has 6 heteroatoms. The number of halogens is 3. The van der Waals surface area contributed by atoms with Crippen LogP contribution in [-0.4, -0.2) is 6.98 Å². The molecule has 1 fully saturated rings. The fourth-order valence-electron chi connectivity index (χ4n) is 1.41. The maximum atomic E-state index is 11.9. The second-order valence-electron chi connectivity index (χ2n) is 3.16. The average Bonchev–Trinajstić information content (AvgIpc) is 1.77. The van der Waals surface area contributed by atoms with Crippen LogP contribution in [0.4, 0.5) is 12.9 Å². The Hall–Kier alpha value is 0.981. The molecule has 0 aromatic heterocycles. The molecule has 1 aliphatic carbocycles. The molecule has 0 bridgehead atoms. The van der Waals surface area contributed by atoms with E-state index in [1.165, 1.54) is 0 Å². The van der Waals surface area contributed by atoms with Crippen molar-refractivity contribution in [2.45, 2.75) is 25.6 Å². The molecule has 0 aliphatic heterocycles. The van der Waals surface area contributed by atoms with Crippen LogP contribution in [-0.2, 0) is 0 Å². The summed E-state index contributed by atoms with van der Waals surface area (Å²) < 4.78 is 35.6. The van der Waals surface area contributed by atoms with Gasteiger partial charge in [0.15, 0.2) is 0 Å². The van der Waals surface area contributed by atoms with E-state index >= 15 is 0 Å². The van der Waals surface area contributed by atoms with Crippen molar-refractivity contribution in [2.24, 2.45) is 5.41 Å². The molecule has 0 heterocycles. The van der Waals surface area contributed by atoms with Gasteiger partial charge in [0.2, 0.25) is 0 Å². The quantitative estimate of drug-likeness (QED) is 0.554. The summed E-state index contributed by atoms with van der Waals surface area (Å²) in [6.07, 6.45) is 0.735. The maximum absolute atomic E-state index is 11.9. The summed E-state index contributed by atoms with van der Waals surface area (Å²) >= 11 is 0. The van der Waals surface area contributed by atoms with Crippen LogP contribution < -0.4 is 51.4 Å². The minimum atomic E-state index is -4.78. The van der Waals surface area contributed by atoms with Gasteiger partial charge in [-0.05, 0) is 12.8 Å². The summed E-state index contributed by atoms with van der Waals surface area (Å²) in [4.78, 5) is 0. The zero-order valence-corrected chi connectivity index (χ0v) is 10.1. The number of rotatable bonds is 2. The monoisotopic (exact) mass is 201 g/mol. The Labute approximate surface area is 112 Å². The molecule has 0 N–H and O–H groups in total. The van der Waals surface area contributed by atoms with Gasteiger partial charge in [-0.1, -0.05) is 12.7 Å². The van der Waals surface area contributed by atoms with E-state index in [2.05, 4.69) is 0 Å². The van der Waals surface area contributed by atoms with Crippen LogP contribution in [0.25, 0.3) is 0 Å². The SMILES string of the molecule is N#CC1(C[B-](F)(F)F)CCC1.[K+]. The van der Waals surface area contributed by atoms with Crippen molar-refractivity contribution >= 4 is 6.98 Å². The smallest absolute Gasteiger partial charge is 0.449 e. The van der Waals surface area contributed by atoms with E-state index in [-0.39, 0.29) is 51.4 Å². The molecule has 0 spiro atoms. The average molecular weight is 201 g/mol. The predicted molar refractivity (Wildman–Crippen MR) is 35.8 cm³/mol. The van der Waals surface area contributed by atoms with Gasteiger partial charge in [-0.25, -0.2) is 0 Å². The number of nitriles is 1. The standard InChI is InChI=1S/C6H8BF3N.K/c8-7(9,10)4-6(5-11)2-1-3-6;/h1-4H2;/q-1;+1. The third-order valence-corrected chi connectivity index (χ3v) is 2.17. The molecule has 0 amide bonds. The fourth-order valence-corrected chi connectivity index (χ4v) is 1.41. The van der Waals surface area contributed by atoms with Crippen LogP contribution in [0.3, 0.4) is 0 Å². The Bertz CT molecular complexity index is 194. The first kappa shape index (κ1) is 13.0. The maximum Gasteiger partial charge on any atom is 1.00 e. The molecule has 0 atom stereocenters. The van der Waals surface area contributed by atoms with Crippen LogP contribution in [0.5, 0.6) is 0 Å². The second kappa shape index (κ2) is 4.47. The summed E-state index contributed by atoms with van der Waals surface area (Å²) in [6, 6.07) is 1.77. The van der Waals surface area contributed by atoms with Crippen molar-refractivity contribution < 1.29 is 64.3 Å². The van der Waals surface area contributed by atoms with Gasteiger partial charge in [-0.15, -0.1) is 0 Å². The van der Waals surface area contributed by atoms with E-state index in [9.17, 15) is 12.9 Å². The molecule has 1 rings (SSSR count). The summed E-state index contributed by atoms with van der Waals surface area (Å²) in [6.45, 7) is -4.78. The first-order valence-corrected chi connectivity index (χ1v) is 3.60. The molecule has 1 nitrogen and oxygen atoms in total. The van der Waals surface area contributed by atoms with E-state index < -0.39 is 18.7 Å². The van der Waals surface area contributed by atoms with Gasteiger partial charge in [0.25, 0.3) is 0 Å². The molecule has 0 aromatic rings. The van der Waals surface area contributed by atoms with Crippen LogP contribution in [0.15, 0.2) is 0 Å². The molecular weight excluding hydrogens is 193 g/mol. The van der Waals surface area contributed by atoms with Crippen LogP contribution >= 0.6 is 0 Å². The van der Waals surface area contributed by atoms with E-state index in [1.54, 1.807) is 6.07 Å². The van der Waals surface area contributed by atoms with E-state index in [0.717, 1.165) is 6.42 Å². The zero-order valence-electron chi connectivity index (χ0n) is 6.99. The molecule has 1 aliphatic rings. The topological polar surface area (TPSA) is 23.8 Å². The number of nitrogens with zero attached hydrogens (tertiary/aromatic N) is 1. The van der Waals surface area contributed by atoms with E-state index in [4.69, 9.17) is 5.26 Å². The number of hydrogen-bond acceptors (Lipinski definition) is 1. The van der Waals surface area contributed by atoms with Gasteiger partial charge in [0, 0.05) is 5.41 Å². The van der Waals surface area contributed by atoms with Crippen molar-refractivity contribution in [3.63, 3.8) is 0 Å². The molecule has 1 saturated carbocycles. The normalized spacial score (nSPS) is 20.2. The molecule has 0 aromatic carbocycles. The van der Waals surface area contributed by atoms with E-state index in [1.807, 2.05) is 0 Å². The first-order chi connectivity index (χ1) is 4.97. The summed E-state index contributed by atoms with van der Waals surface area (Å²) in [5.74, 6) is 0. The third-order valence-electron chi connectivity index (χ3n) is 2.17. The second-order valence-corrected chi connectivity index (χ2v) is 3.16. The first-order valence-electron chi connectivity index (χ1n) is 3.60. The Kier molecular flexibility index (Phi) is 4.83. The van der Waals surface area contributed by atoms with Crippen molar-refractivity contribution in [3.05, 3.63) is 0 Å². The predicted octanol–water partition coefficient (Wildman–Crippen LogP) is -0.468. The fraction of sp³-hybridized carbons (Fsp3) is 0.833. The molecule has 12 heavy (non-hydrogen) atoms. The van der Waals surface area contributed by atoms with Gasteiger partial charge >= 0.3 is 58.4 Å². The Balaban J connectivity index is 0.00000121. The van der Waals surface area contributed by atoms with Crippen LogP contribution in [0.2, 0.25) is 6.32 Å². The molecule has 0 saturated heterocycles. The third kappa shape index (κ3) is 3.38. The van der Waals surface area contributed by atoms with Crippen molar-refractivity contribution in [1.29, 1.82) is 5.26 Å².